The average molecular weight is 354 g/mol. The fourth-order valence-electron chi connectivity index (χ4n) is 3.64. The molecule has 0 radical (unpaired) electrons. The predicted octanol–water partition coefficient (Wildman–Crippen LogP) is 4.37. The second-order valence-corrected chi connectivity index (χ2v) is 7.67. The molecule has 0 unspecified atom stereocenters. The molecule has 140 valence electrons. The molecule has 0 saturated carbocycles. The monoisotopic (exact) mass is 354 g/mol. The van der Waals surface area contributed by atoms with E-state index in [-0.39, 0.29) is 5.91 Å². The van der Waals surface area contributed by atoms with Crippen LogP contribution in [0, 0.1) is 26.7 Å². The van der Waals surface area contributed by atoms with Crippen molar-refractivity contribution in [3.05, 3.63) is 58.0 Å². The zero-order chi connectivity index (χ0) is 18.7. The van der Waals surface area contributed by atoms with Gasteiger partial charge in [-0.2, -0.15) is 0 Å². The maximum Gasteiger partial charge on any atom is 0.255 e. The summed E-state index contributed by atoms with van der Waals surface area (Å²) in [5, 5.41) is 3.01. The van der Waals surface area contributed by atoms with Crippen molar-refractivity contribution in [1.29, 1.82) is 0 Å². The Morgan fingerprint density at radius 2 is 1.69 bits per heavy atom. The third-order valence-electron chi connectivity index (χ3n) is 5.55. The molecule has 1 aromatic heterocycles. The Hall–Kier alpha value is -2.07. The second-order valence-electron chi connectivity index (χ2n) is 7.67. The van der Waals surface area contributed by atoms with Crippen LogP contribution >= 0.6 is 0 Å². The minimum atomic E-state index is -0.0663. The second kappa shape index (κ2) is 8.09. The molecule has 1 saturated heterocycles. The van der Waals surface area contributed by atoms with E-state index in [0.29, 0.717) is 17.9 Å². The number of rotatable bonds is 5. The van der Waals surface area contributed by atoms with E-state index in [1.807, 2.05) is 20.8 Å². The molecule has 1 aromatic carbocycles. The van der Waals surface area contributed by atoms with Gasteiger partial charge in [0.05, 0.1) is 5.56 Å². The molecular weight excluding hydrogens is 324 g/mol. The van der Waals surface area contributed by atoms with Crippen molar-refractivity contribution in [2.24, 2.45) is 5.92 Å². The number of carbonyl (C=O) groups is 1. The van der Waals surface area contributed by atoms with Gasteiger partial charge in [-0.15, -0.1) is 0 Å². The highest BCUT2D eigenvalue weighted by molar-refractivity contribution is 5.96. The first-order valence-electron chi connectivity index (χ1n) is 9.59. The lowest BCUT2D eigenvalue weighted by Gasteiger charge is -2.30. The summed E-state index contributed by atoms with van der Waals surface area (Å²) in [6, 6.07) is 8.58. The van der Waals surface area contributed by atoms with E-state index in [2.05, 4.69) is 41.4 Å². The third-order valence-corrected chi connectivity index (χ3v) is 5.55. The topological polar surface area (TPSA) is 45.5 Å². The number of carbonyl (C=O) groups excluding carboxylic acids is 1. The highest BCUT2D eigenvalue weighted by Crippen LogP contribution is 2.21. The first-order valence-corrected chi connectivity index (χ1v) is 9.59. The van der Waals surface area contributed by atoms with Crippen molar-refractivity contribution < 1.29 is 9.21 Å². The van der Waals surface area contributed by atoms with Gasteiger partial charge < -0.3 is 9.73 Å². The van der Waals surface area contributed by atoms with Crippen molar-refractivity contribution in [1.82, 2.24) is 10.2 Å². The Morgan fingerprint density at radius 3 is 2.27 bits per heavy atom. The molecule has 1 aliphatic rings. The predicted molar refractivity (Wildman–Crippen MR) is 104 cm³/mol. The highest BCUT2D eigenvalue weighted by Gasteiger charge is 2.18. The van der Waals surface area contributed by atoms with Crippen LogP contribution in [0.3, 0.4) is 0 Å². The Morgan fingerprint density at radius 1 is 1.08 bits per heavy atom. The number of hydrogen-bond donors (Lipinski definition) is 1. The standard InChI is InChI=1S/C22H30N2O2/c1-15-9-11-24(12-10-15)14-20-7-5-19(6-8-20)13-23-22(25)21-16(2)17(3)26-18(21)4/h5-8,15H,9-14H2,1-4H3,(H,23,25). The molecule has 0 spiro atoms. The lowest BCUT2D eigenvalue weighted by atomic mass is 9.99. The largest absolute Gasteiger partial charge is 0.466 e. The van der Waals surface area contributed by atoms with Crippen molar-refractivity contribution in [2.45, 2.75) is 53.6 Å². The van der Waals surface area contributed by atoms with Crippen LogP contribution in [0.25, 0.3) is 0 Å². The Kier molecular flexibility index (Phi) is 5.82. The van der Waals surface area contributed by atoms with E-state index < -0.39 is 0 Å². The maximum absolute atomic E-state index is 12.5. The van der Waals surface area contributed by atoms with E-state index in [1.165, 1.54) is 31.5 Å². The van der Waals surface area contributed by atoms with Crippen LogP contribution in [-0.2, 0) is 13.1 Å². The minimum Gasteiger partial charge on any atom is -0.466 e. The SMILES string of the molecule is Cc1oc(C)c(C(=O)NCc2ccc(CN3CCC(C)CC3)cc2)c1C. The summed E-state index contributed by atoms with van der Waals surface area (Å²) < 4.78 is 5.55. The summed E-state index contributed by atoms with van der Waals surface area (Å²) in [6.45, 7) is 11.9. The molecule has 0 atom stereocenters. The molecule has 0 bridgehead atoms. The van der Waals surface area contributed by atoms with Gasteiger partial charge in [0.2, 0.25) is 0 Å². The quantitative estimate of drug-likeness (QED) is 0.867. The summed E-state index contributed by atoms with van der Waals surface area (Å²) in [7, 11) is 0. The van der Waals surface area contributed by atoms with Crippen LogP contribution in [-0.4, -0.2) is 23.9 Å². The number of piperidine rings is 1. The van der Waals surface area contributed by atoms with Gasteiger partial charge in [-0.3, -0.25) is 9.69 Å². The summed E-state index contributed by atoms with van der Waals surface area (Å²) in [5.41, 5.74) is 4.04. The van der Waals surface area contributed by atoms with Crippen molar-refractivity contribution in [2.75, 3.05) is 13.1 Å². The number of hydrogen-bond acceptors (Lipinski definition) is 3. The van der Waals surface area contributed by atoms with Crippen LogP contribution < -0.4 is 5.32 Å². The van der Waals surface area contributed by atoms with Gasteiger partial charge in [0.1, 0.15) is 11.5 Å². The molecule has 1 amide bonds. The number of likely N-dealkylation sites (tertiary alicyclic amines) is 1. The van der Waals surface area contributed by atoms with Crippen LogP contribution in [0.2, 0.25) is 0 Å². The molecular formula is C22H30N2O2. The van der Waals surface area contributed by atoms with Crippen LogP contribution in [0.15, 0.2) is 28.7 Å². The Labute approximate surface area is 156 Å². The van der Waals surface area contributed by atoms with Crippen molar-refractivity contribution in [3.63, 3.8) is 0 Å². The third kappa shape index (κ3) is 4.36. The lowest BCUT2D eigenvalue weighted by Crippen LogP contribution is -2.32. The van der Waals surface area contributed by atoms with E-state index in [9.17, 15) is 4.79 Å². The summed E-state index contributed by atoms with van der Waals surface area (Å²) in [4.78, 5) is 15.0. The number of amides is 1. The van der Waals surface area contributed by atoms with Gasteiger partial charge in [0.25, 0.3) is 5.91 Å². The molecule has 2 aromatic rings. The Balaban J connectivity index is 1.53. The average Bonchev–Trinajstić information content (AvgIpc) is 2.88. The van der Waals surface area contributed by atoms with Crippen LogP contribution in [0.5, 0.6) is 0 Å². The van der Waals surface area contributed by atoms with E-state index in [4.69, 9.17) is 4.42 Å². The maximum atomic E-state index is 12.5. The number of furan rings is 1. The van der Waals surface area contributed by atoms with Gasteiger partial charge in [0.15, 0.2) is 0 Å². The van der Waals surface area contributed by atoms with Crippen LogP contribution in [0.4, 0.5) is 0 Å². The smallest absolute Gasteiger partial charge is 0.255 e. The van der Waals surface area contributed by atoms with Gasteiger partial charge in [0, 0.05) is 18.7 Å². The summed E-state index contributed by atoms with van der Waals surface area (Å²) in [5.74, 6) is 2.29. The van der Waals surface area contributed by atoms with Crippen molar-refractivity contribution >= 4 is 5.91 Å². The molecule has 1 N–H and O–H groups in total. The normalized spacial score (nSPS) is 16.0. The molecule has 2 heterocycles. The summed E-state index contributed by atoms with van der Waals surface area (Å²) >= 11 is 0. The number of nitrogens with zero attached hydrogens (tertiary/aromatic N) is 1. The zero-order valence-electron chi connectivity index (χ0n) is 16.4. The van der Waals surface area contributed by atoms with E-state index >= 15 is 0 Å². The molecule has 1 aliphatic heterocycles. The number of aryl methyl sites for hydroxylation is 2. The number of benzene rings is 1. The lowest BCUT2D eigenvalue weighted by molar-refractivity contribution is 0.0949. The molecule has 4 nitrogen and oxygen atoms in total. The molecule has 1 fully saturated rings. The molecule has 26 heavy (non-hydrogen) atoms. The van der Waals surface area contributed by atoms with Gasteiger partial charge in [-0.05, 0) is 63.7 Å². The van der Waals surface area contributed by atoms with Crippen LogP contribution in [0.1, 0.15) is 58.3 Å². The summed E-state index contributed by atoms with van der Waals surface area (Å²) in [6.07, 6.45) is 2.60. The van der Waals surface area contributed by atoms with Crippen molar-refractivity contribution in [3.8, 4) is 0 Å². The zero-order valence-corrected chi connectivity index (χ0v) is 16.4. The van der Waals surface area contributed by atoms with Gasteiger partial charge in [-0.1, -0.05) is 31.2 Å². The van der Waals surface area contributed by atoms with E-state index in [0.717, 1.165) is 29.3 Å². The van der Waals surface area contributed by atoms with Gasteiger partial charge >= 0.3 is 0 Å². The Bertz CT molecular complexity index is 753. The first-order chi connectivity index (χ1) is 12.4. The fourth-order valence-corrected chi connectivity index (χ4v) is 3.64. The number of nitrogens with one attached hydrogen (secondary N) is 1. The van der Waals surface area contributed by atoms with E-state index in [1.54, 1.807) is 0 Å². The molecule has 4 heteroatoms. The minimum absolute atomic E-state index is 0.0663. The fraction of sp³-hybridized carbons (Fsp3) is 0.500. The first kappa shape index (κ1) is 18.7. The van der Waals surface area contributed by atoms with Gasteiger partial charge in [-0.25, -0.2) is 0 Å². The highest BCUT2D eigenvalue weighted by atomic mass is 16.3. The molecule has 3 rings (SSSR count). The molecule has 0 aliphatic carbocycles.